The summed E-state index contributed by atoms with van der Waals surface area (Å²) < 4.78 is 11.2. The SMILES string of the molecule is CCOc1ccccc1C(=O)c1ccc2c(c1)CC(C)O2. The zero-order valence-electron chi connectivity index (χ0n) is 12.3. The van der Waals surface area contributed by atoms with Gasteiger partial charge in [0.15, 0.2) is 5.78 Å². The number of fused-ring (bicyclic) bond motifs is 1. The van der Waals surface area contributed by atoms with Crippen LogP contribution in [0.2, 0.25) is 0 Å². The molecule has 0 fully saturated rings. The fourth-order valence-corrected chi connectivity index (χ4v) is 2.65. The lowest BCUT2D eigenvalue weighted by Crippen LogP contribution is -2.06. The van der Waals surface area contributed by atoms with E-state index in [1.54, 1.807) is 6.07 Å². The molecule has 0 N–H and O–H groups in total. The molecular formula is C18H18O3. The van der Waals surface area contributed by atoms with Crippen LogP contribution in [0.4, 0.5) is 0 Å². The summed E-state index contributed by atoms with van der Waals surface area (Å²) in [6, 6.07) is 13.0. The van der Waals surface area contributed by atoms with Gasteiger partial charge < -0.3 is 9.47 Å². The zero-order chi connectivity index (χ0) is 14.8. The number of para-hydroxylation sites is 1. The molecule has 1 aliphatic rings. The highest BCUT2D eigenvalue weighted by Crippen LogP contribution is 2.31. The van der Waals surface area contributed by atoms with Crippen LogP contribution >= 0.6 is 0 Å². The minimum Gasteiger partial charge on any atom is -0.493 e. The highest BCUT2D eigenvalue weighted by molar-refractivity contribution is 6.10. The molecule has 1 unspecified atom stereocenters. The van der Waals surface area contributed by atoms with Crippen molar-refractivity contribution in [1.82, 2.24) is 0 Å². The smallest absolute Gasteiger partial charge is 0.196 e. The molecule has 1 heterocycles. The van der Waals surface area contributed by atoms with E-state index in [4.69, 9.17) is 9.47 Å². The van der Waals surface area contributed by atoms with Gasteiger partial charge in [0.1, 0.15) is 17.6 Å². The van der Waals surface area contributed by atoms with Crippen molar-refractivity contribution in [2.75, 3.05) is 6.61 Å². The zero-order valence-corrected chi connectivity index (χ0v) is 12.3. The third kappa shape index (κ3) is 2.64. The van der Waals surface area contributed by atoms with Crippen LogP contribution in [0.25, 0.3) is 0 Å². The number of rotatable bonds is 4. The molecule has 1 atom stereocenters. The molecule has 3 rings (SSSR count). The second-order valence-electron chi connectivity index (χ2n) is 5.21. The van der Waals surface area contributed by atoms with Crippen LogP contribution in [-0.4, -0.2) is 18.5 Å². The molecule has 0 saturated carbocycles. The first kappa shape index (κ1) is 13.7. The lowest BCUT2D eigenvalue weighted by atomic mass is 9.99. The predicted molar refractivity (Wildman–Crippen MR) is 81.3 cm³/mol. The van der Waals surface area contributed by atoms with Crippen LogP contribution in [0.1, 0.15) is 35.3 Å². The van der Waals surface area contributed by atoms with E-state index in [2.05, 4.69) is 0 Å². The number of ether oxygens (including phenoxy) is 2. The fourth-order valence-electron chi connectivity index (χ4n) is 2.65. The second kappa shape index (κ2) is 5.60. The van der Waals surface area contributed by atoms with Gasteiger partial charge in [-0.25, -0.2) is 0 Å². The Morgan fingerprint density at radius 1 is 1.29 bits per heavy atom. The highest BCUT2D eigenvalue weighted by atomic mass is 16.5. The second-order valence-corrected chi connectivity index (χ2v) is 5.21. The summed E-state index contributed by atoms with van der Waals surface area (Å²) in [4.78, 5) is 12.7. The number of hydrogen-bond donors (Lipinski definition) is 0. The van der Waals surface area contributed by atoms with Gasteiger partial charge in [0, 0.05) is 12.0 Å². The summed E-state index contributed by atoms with van der Waals surface area (Å²) in [5.41, 5.74) is 2.38. The van der Waals surface area contributed by atoms with E-state index in [1.807, 2.05) is 50.2 Å². The fraction of sp³-hybridized carbons (Fsp3) is 0.278. The lowest BCUT2D eigenvalue weighted by Gasteiger charge is -2.09. The summed E-state index contributed by atoms with van der Waals surface area (Å²) in [5, 5.41) is 0. The van der Waals surface area contributed by atoms with Gasteiger partial charge in [0.25, 0.3) is 0 Å². The van der Waals surface area contributed by atoms with Crippen LogP contribution in [0.15, 0.2) is 42.5 Å². The summed E-state index contributed by atoms with van der Waals surface area (Å²) in [6.07, 6.45) is 1.03. The summed E-state index contributed by atoms with van der Waals surface area (Å²) in [6.45, 7) is 4.49. The maximum atomic E-state index is 12.7. The van der Waals surface area contributed by atoms with E-state index in [1.165, 1.54) is 0 Å². The Hall–Kier alpha value is -2.29. The van der Waals surface area contributed by atoms with Gasteiger partial charge in [-0.15, -0.1) is 0 Å². The first-order valence-corrected chi connectivity index (χ1v) is 7.25. The van der Waals surface area contributed by atoms with E-state index in [0.29, 0.717) is 23.5 Å². The maximum Gasteiger partial charge on any atom is 0.196 e. The summed E-state index contributed by atoms with van der Waals surface area (Å²) >= 11 is 0. The third-order valence-corrected chi connectivity index (χ3v) is 3.59. The molecule has 0 radical (unpaired) electrons. The number of hydrogen-bond acceptors (Lipinski definition) is 3. The lowest BCUT2D eigenvalue weighted by molar-refractivity contribution is 0.103. The van der Waals surface area contributed by atoms with Gasteiger partial charge in [0.2, 0.25) is 0 Å². The van der Waals surface area contributed by atoms with Crippen molar-refractivity contribution in [2.45, 2.75) is 26.4 Å². The molecule has 0 aliphatic carbocycles. The molecule has 1 aliphatic heterocycles. The minimum absolute atomic E-state index is 0.0126. The van der Waals surface area contributed by atoms with Gasteiger partial charge in [0.05, 0.1) is 12.2 Å². The van der Waals surface area contributed by atoms with Crippen molar-refractivity contribution in [2.24, 2.45) is 0 Å². The van der Waals surface area contributed by atoms with Crippen molar-refractivity contribution in [3.05, 3.63) is 59.2 Å². The Morgan fingerprint density at radius 3 is 2.90 bits per heavy atom. The Labute approximate surface area is 124 Å². The van der Waals surface area contributed by atoms with E-state index >= 15 is 0 Å². The standard InChI is InChI=1S/C18H18O3/c1-3-20-17-7-5-4-6-15(17)18(19)13-8-9-16-14(11-13)10-12(2)21-16/h4-9,11-12H,3,10H2,1-2H3. The van der Waals surface area contributed by atoms with E-state index in [0.717, 1.165) is 17.7 Å². The molecule has 0 amide bonds. The van der Waals surface area contributed by atoms with Crippen molar-refractivity contribution in [3.63, 3.8) is 0 Å². The minimum atomic E-state index is -0.0126. The first-order valence-electron chi connectivity index (χ1n) is 7.25. The van der Waals surface area contributed by atoms with E-state index in [-0.39, 0.29) is 11.9 Å². The monoisotopic (exact) mass is 282 g/mol. The molecule has 0 saturated heterocycles. The summed E-state index contributed by atoms with van der Waals surface area (Å²) in [7, 11) is 0. The number of carbonyl (C=O) groups is 1. The quantitative estimate of drug-likeness (QED) is 0.803. The highest BCUT2D eigenvalue weighted by Gasteiger charge is 2.21. The molecule has 3 heteroatoms. The van der Waals surface area contributed by atoms with Crippen LogP contribution in [-0.2, 0) is 6.42 Å². The van der Waals surface area contributed by atoms with E-state index in [9.17, 15) is 4.79 Å². The van der Waals surface area contributed by atoms with Crippen LogP contribution < -0.4 is 9.47 Å². The van der Waals surface area contributed by atoms with Crippen LogP contribution in [0.5, 0.6) is 11.5 Å². The number of carbonyl (C=O) groups excluding carboxylic acids is 1. The van der Waals surface area contributed by atoms with Gasteiger partial charge in [-0.3, -0.25) is 4.79 Å². The number of ketones is 1. The van der Waals surface area contributed by atoms with Crippen molar-refractivity contribution < 1.29 is 14.3 Å². The molecule has 2 aromatic carbocycles. The first-order chi connectivity index (χ1) is 10.2. The molecule has 0 aromatic heterocycles. The molecule has 0 bridgehead atoms. The topological polar surface area (TPSA) is 35.5 Å². The molecule has 3 nitrogen and oxygen atoms in total. The molecule has 2 aromatic rings. The Balaban J connectivity index is 1.95. The average Bonchev–Trinajstić information content (AvgIpc) is 2.86. The van der Waals surface area contributed by atoms with Crippen molar-refractivity contribution in [1.29, 1.82) is 0 Å². The van der Waals surface area contributed by atoms with Crippen molar-refractivity contribution >= 4 is 5.78 Å². The predicted octanol–water partition coefficient (Wildman–Crippen LogP) is 3.64. The molecule has 108 valence electrons. The van der Waals surface area contributed by atoms with E-state index < -0.39 is 0 Å². The normalized spacial score (nSPS) is 16.2. The van der Waals surface area contributed by atoms with Crippen LogP contribution in [0, 0.1) is 0 Å². The Bertz CT molecular complexity index is 676. The molecule has 21 heavy (non-hydrogen) atoms. The average molecular weight is 282 g/mol. The number of benzene rings is 2. The summed E-state index contributed by atoms with van der Waals surface area (Å²) in [5.74, 6) is 1.51. The largest absolute Gasteiger partial charge is 0.493 e. The maximum absolute atomic E-state index is 12.7. The Morgan fingerprint density at radius 2 is 2.10 bits per heavy atom. The van der Waals surface area contributed by atoms with Crippen LogP contribution in [0.3, 0.4) is 0 Å². The molecule has 0 spiro atoms. The van der Waals surface area contributed by atoms with Gasteiger partial charge in [-0.2, -0.15) is 0 Å². The van der Waals surface area contributed by atoms with Gasteiger partial charge in [-0.05, 0) is 49.7 Å². The van der Waals surface area contributed by atoms with Gasteiger partial charge in [-0.1, -0.05) is 12.1 Å². The third-order valence-electron chi connectivity index (χ3n) is 3.59. The van der Waals surface area contributed by atoms with Gasteiger partial charge >= 0.3 is 0 Å². The van der Waals surface area contributed by atoms with Crippen molar-refractivity contribution in [3.8, 4) is 11.5 Å². The Kier molecular flexibility index (Phi) is 3.65. The molecular weight excluding hydrogens is 264 g/mol.